The zero-order chi connectivity index (χ0) is 21.7. The molecular weight excluding hydrogens is 378 g/mol. The van der Waals surface area contributed by atoms with Gasteiger partial charge in [-0.1, -0.05) is 24.3 Å². The lowest BCUT2D eigenvalue weighted by atomic mass is 9.97. The van der Waals surface area contributed by atoms with E-state index in [4.69, 9.17) is 5.73 Å². The third kappa shape index (κ3) is 5.52. The van der Waals surface area contributed by atoms with Crippen LogP contribution in [0, 0.1) is 11.8 Å². The summed E-state index contributed by atoms with van der Waals surface area (Å²) in [6.07, 6.45) is 2.80. The van der Waals surface area contributed by atoms with Gasteiger partial charge in [-0.25, -0.2) is 0 Å². The lowest BCUT2D eigenvalue weighted by molar-refractivity contribution is 0.0997. The molecule has 0 bridgehead atoms. The number of benzene rings is 2. The highest BCUT2D eigenvalue weighted by atomic mass is 16.3. The van der Waals surface area contributed by atoms with Crippen molar-refractivity contribution < 1.29 is 15.0 Å². The molecule has 0 aromatic heterocycles. The molecule has 5 N–H and O–H groups in total. The van der Waals surface area contributed by atoms with Crippen molar-refractivity contribution in [3.63, 3.8) is 0 Å². The van der Waals surface area contributed by atoms with Gasteiger partial charge in [0.05, 0.1) is 11.7 Å². The van der Waals surface area contributed by atoms with E-state index in [1.165, 1.54) is 37.1 Å². The van der Waals surface area contributed by atoms with Gasteiger partial charge in [-0.05, 0) is 67.9 Å². The molecule has 30 heavy (non-hydrogen) atoms. The molecule has 1 fully saturated rings. The van der Waals surface area contributed by atoms with Crippen molar-refractivity contribution >= 4 is 11.6 Å². The van der Waals surface area contributed by atoms with Gasteiger partial charge in [-0.2, -0.15) is 0 Å². The highest BCUT2D eigenvalue weighted by molar-refractivity contribution is 5.95. The first-order valence-corrected chi connectivity index (χ1v) is 10.7. The average Bonchev–Trinajstić information content (AvgIpc) is 3.21. The second-order valence-electron chi connectivity index (χ2n) is 8.51. The summed E-state index contributed by atoms with van der Waals surface area (Å²) in [7, 11) is 2.15. The van der Waals surface area contributed by atoms with Crippen molar-refractivity contribution in [2.45, 2.75) is 38.3 Å². The molecule has 1 saturated carbocycles. The Morgan fingerprint density at radius 1 is 1.23 bits per heavy atom. The number of hydrogen-bond acceptors (Lipinski definition) is 5. The molecule has 1 amide bonds. The highest BCUT2D eigenvalue weighted by Crippen LogP contribution is 2.34. The van der Waals surface area contributed by atoms with Gasteiger partial charge in [-0.15, -0.1) is 0 Å². The number of carbonyl (C=O) groups excluding carboxylic acids is 1. The van der Waals surface area contributed by atoms with Crippen LogP contribution in [0.1, 0.15) is 48.2 Å². The largest absolute Gasteiger partial charge is 0.507 e. The Morgan fingerprint density at radius 3 is 2.67 bits per heavy atom. The topological polar surface area (TPSA) is 98.8 Å². The van der Waals surface area contributed by atoms with E-state index in [-0.39, 0.29) is 11.3 Å². The predicted molar refractivity (Wildman–Crippen MR) is 120 cm³/mol. The Balaban J connectivity index is 1.48. The standard InChI is InChI=1S/C24H33N3O3/c1-16(26-14-23(29)19-10-11-22(28)21(13-19)24(25)30)18-9-8-17(12-18)15-27(2)20-6-4-3-5-7-20/h3-7,10-11,13,16-18,23,26,28-29H,8-9,12,14-15H2,1-2H3,(H2,25,30)/t16?,17-,18-,23?/m0/s1. The lowest BCUT2D eigenvalue weighted by Gasteiger charge is -2.25. The van der Waals surface area contributed by atoms with Crippen molar-refractivity contribution in [1.82, 2.24) is 5.32 Å². The molecule has 0 aliphatic heterocycles. The third-order valence-corrected chi connectivity index (χ3v) is 6.32. The number of amides is 1. The average molecular weight is 412 g/mol. The van der Waals surface area contributed by atoms with Gasteiger partial charge in [0.2, 0.25) is 0 Å². The summed E-state index contributed by atoms with van der Waals surface area (Å²) in [5.41, 5.74) is 7.12. The van der Waals surface area contributed by atoms with Gasteiger partial charge < -0.3 is 26.2 Å². The number of para-hydroxylation sites is 1. The number of rotatable bonds is 9. The molecule has 162 valence electrons. The molecule has 0 heterocycles. The Hall–Kier alpha value is -2.57. The number of primary amides is 1. The van der Waals surface area contributed by atoms with Gasteiger partial charge in [-0.3, -0.25) is 4.79 Å². The van der Waals surface area contributed by atoms with Crippen molar-refractivity contribution in [3.05, 3.63) is 59.7 Å². The minimum atomic E-state index is -0.771. The number of anilines is 1. The van der Waals surface area contributed by atoms with Crippen molar-refractivity contribution in [2.24, 2.45) is 17.6 Å². The Labute approximate surface area is 178 Å². The first-order valence-electron chi connectivity index (χ1n) is 10.7. The number of aromatic hydroxyl groups is 1. The molecule has 6 heteroatoms. The van der Waals surface area contributed by atoms with E-state index in [9.17, 15) is 15.0 Å². The monoisotopic (exact) mass is 411 g/mol. The lowest BCUT2D eigenvalue weighted by Crippen LogP contribution is -2.35. The number of aliphatic hydroxyl groups excluding tert-OH is 1. The van der Waals surface area contributed by atoms with Gasteiger partial charge in [0.1, 0.15) is 5.75 Å². The Kier molecular flexibility index (Phi) is 7.34. The maximum Gasteiger partial charge on any atom is 0.252 e. The summed E-state index contributed by atoms with van der Waals surface area (Å²) in [6.45, 7) is 3.61. The molecule has 2 aromatic rings. The number of carbonyl (C=O) groups is 1. The number of phenols is 1. The van der Waals surface area contributed by atoms with Crippen molar-refractivity contribution in [1.29, 1.82) is 0 Å². The number of nitrogens with zero attached hydrogens (tertiary/aromatic N) is 1. The Morgan fingerprint density at radius 2 is 1.97 bits per heavy atom. The number of aliphatic hydroxyl groups is 1. The van der Waals surface area contributed by atoms with Gasteiger partial charge in [0, 0.05) is 31.9 Å². The molecule has 3 rings (SSSR count). The maximum atomic E-state index is 11.4. The minimum absolute atomic E-state index is 0.0285. The second kappa shape index (κ2) is 9.96. The first-order chi connectivity index (χ1) is 14.3. The van der Waals surface area contributed by atoms with Crippen LogP contribution in [0.4, 0.5) is 5.69 Å². The molecule has 1 aliphatic carbocycles. The van der Waals surface area contributed by atoms with Gasteiger partial charge in [0.25, 0.3) is 5.91 Å². The highest BCUT2D eigenvalue weighted by Gasteiger charge is 2.29. The summed E-state index contributed by atoms with van der Waals surface area (Å²) in [5.74, 6) is 0.370. The Bertz CT molecular complexity index is 843. The van der Waals surface area contributed by atoms with Crippen LogP contribution < -0.4 is 16.0 Å². The van der Waals surface area contributed by atoms with E-state index >= 15 is 0 Å². The summed E-state index contributed by atoms with van der Waals surface area (Å²) in [5, 5.41) is 23.7. The van der Waals surface area contributed by atoms with Crippen molar-refractivity contribution in [3.8, 4) is 5.75 Å². The van der Waals surface area contributed by atoms with Crippen LogP contribution in [0.5, 0.6) is 5.75 Å². The summed E-state index contributed by atoms with van der Waals surface area (Å²) in [6, 6.07) is 15.2. The van der Waals surface area contributed by atoms with E-state index in [1.807, 2.05) is 6.07 Å². The van der Waals surface area contributed by atoms with Crippen LogP contribution >= 0.6 is 0 Å². The van der Waals surface area contributed by atoms with Gasteiger partial charge >= 0.3 is 0 Å². The molecule has 0 radical (unpaired) electrons. The number of hydrogen-bond donors (Lipinski definition) is 4. The van der Waals surface area contributed by atoms with Crippen molar-refractivity contribution in [2.75, 3.05) is 25.0 Å². The fraction of sp³-hybridized carbons (Fsp3) is 0.458. The number of nitrogens with two attached hydrogens (primary N) is 1. The SMILES string of the molecule is CC(NCC(O)c1ccc(O)c(C(N)=O)c1)[C@H]1CC[C@H](CN(C)c2ccccc2)C1. The summed E-state index contributed by atoms with van der Waals surface area (Å²) in [4.78, 5) is 13.7. The van der Waals surface area contributed by atoms with E-state index < -0.39 is 12.0 Å². The summed E-state index contributed by atoms with van der Waals surface area (Å²) < 4.78 is 0. The summed E-state index contributed by atoms with van der Waals surface area (Å²) >= 11 is 0. The zero-order valence-electron chi connectivity index (χ0n) is 17.8. The predicted octanol–water partition coefficient (Wildman–Crippen LogP) is 3.06. The van der Waals surface area contributed by atoms with E-state index in [0.29, 0.717) is 30.0 Å². The van der Waals surface area contributed by atoms with E-state index in [1.54, 1.807) is 6.07 Å². The van der Waals surface area contributed by atoms with E-state index in [0.717, 1.165) is 6.54 Å². The molecule has 4 atom stereocenters. The maximum absolute atomic E-state index is 11.4. The van der Waals surface area contributed by atoms with Gasteiger partial charge in [0.15, 0.2) is 0 Å². The van der Waals surface area contributed by atoms with Crippen LogP contribution in [0.2, 0.25) is 0 Å². The second-order valence-corrected chi connectivity index (χ2v) is 8.51. The van der Waals surface area contributed by atoms with E-state index in [2.05, 4.69) is 48.5 Å². The molecule has 6 nitrogen and oxygen atoms in total. The third-order valence-electron chi connectivity index (χ3n) is 6.32. The molecule has 2 aromatic carbocycles. The molecule has 0 saturated heterocycles. The smallest absolute Gasteiger partial charge is 0.252 e. The first kappa shape index (κ1) is 22.1. The fourth-order valence-corrected chi connectivity index (χ4v) is 4.45. The normalized spacial score (nSPS) is 20.6. The van der Waals surface area contributed by atoms with Crippen LogP contribution in [-0.2, 0) is 0 Å². The van der Waals surface area contributed by atoms with Crippen LogP contribution in [0.25, 0.3) is 0 Å². The van der Waals surface area contributed by atoms with Crippen LogP contribution in [0.3, 0.4) is 0 Å². The number of nitrogens with one attached hydrogen (secondary N) is 1. The minimum Gasteiger partial charge on any atom is -0.507 e. The molecule has 1 aliphatic rings. The fourth-order valence-electron chi connectivity index (χ4n) is 4.45. The zero-order valence-corrected chi connectivity index (χ0v) is 17.8. The van der Waals surface area contributed by atoms with Crippen LogP contribution in [0.15, 0.2) is 48.5 Å². The quantitative estimate of drug-likeness (QED) is 0.508. The molecule has 0 spiro atoms. The van der Waals surface area contributed by atoms with Crippen LogP contribution in [-0.4, -0.2) is 42.3 Å². The molecule has 2 unspecified atom stereocenters. The molecular formula is C24H33N3O3.